The van der Waals surface area contributed by atoms with Gasteiger partial charge in [0.1, 0.15) is 0 Å². The Hall–Kier alpha value is 0.940. The maximum Gasteiger partial charge on any atom is 1.00 e. The molecule has 1 fully saturated rings. The van der Waals surface area contributed by atoms with Gasteiger partial charge in [0.15, 0.2) is 0 Å². The molecule has 0 aliphatic heterocycles. The molecule has 16 heavy (non-hydrogen) atoms. The van der Waals surface area contributed by atoms with Crippen molar-refractivity contribution in [2.45, 2.75) is 32.6 Å². The Bertz CT molecular complexity index is 245. The summed E-state index contributed by atoms with van der Waals surface area (Å²) in [4.78, 5) is 21.4. The summed E-state index contributed by atoms with van der Waals surface area (Å²) in [5, 5.41) is 21.4. The van der Waals surface area contributed by atoms with E-state index in [0.717, 1.165) is 12.8 Å². The Morgan fingerprint density at radius 3 is 1.94 bits per heavy atom. The Labute approximate surface area is 140 Å². The third-order valence-electron chi connectivity index (χ3n) is 3.14. The summed E-state index contributed by atoms with van der Waals surface area (Å²) in [5.41, 5.74) is 0. The van der Waals surface area contributed by atoms with E-state index in [2.05, 4.69) is 0 Å². The van der Waals surface area contributed by atoms with Gasteiger partial charge in [-0.1, -0.05) is 13.3 Å². The van der Waals surface area contributed by atoms with Gasteiger partial charge in [0.2, 0.25) is 0 Å². The van der Waals surface area contributed by atoms with Crippen LogP contribution < -0.4 is 69.3 Å². The summed E-state index contributed by atoms with van der Waals surface area (Å²) < 4.78 is 0. The van der Waals surface area contributed by atoms with E-state index >= 15 is 0 Å². The quantitative estimate of drug-likeness (QED) is 0.462. The van der Waals surface area contributed by atoms with Gasteiger partial charge < -0.3 is 19.8 Å². The molecule has 0 bridgehead atoms. The summed E-state index contributed by atoms with van der Waals surface area (Å²) in [6.07, 6.45) is 2.49. The third kappa shape index (κ3) is 5.07. The number of hydrogen-bond acceptors (Lipinski definition) is 4. The molecule has 4 nitrogen and oxygen atoms in total. The van der Waals surface area contributed by atoms with Crippen LogP contribution in [0.25, 0.3) is 0 Å². The molecule has 1 saturated carbocycles. The van der Waals surface area contributed by atoms with E-state index < -0.39 is 23.8 Å². The van der Waals surface area contributed by atoms with Crippen molar-refractivity contribution in [3.05, 3.63) is 0 Å². The molecule has 3 unspecified atom stereocenters. The number of hydrogen-bond donors (Lipinski definition) is 0. The van der Waals surface area contributed by atoms with Gasteiger partial charge in [-0.15, -0.1) is 0 Å². The van der Waals surface area contributed by atoms with E-state index in [4.69, 9.17) is 0 Å². The van der Waals surface area contributed by atoms with Crippen LogP contribution in [0.15, 0.2) is 0 Å². The van der Waals surface area contributed by atoms with Crippen molar-refractivity contribution in [2.24, 2.45) is 17.8 Å². The molecule has 0 heterocycles. The van der Waals surface area contributed by atoms with Crippen molar-refractivity contribution in [3.8, 4) is 0 Å². The van der Waals surface area contributed by atoms with Crippen LogP contribution in [0.5, 0.6) is 0 Å². The SMILES string of the molecule is CCC1CCC(C(=O)[O-])C(C(=O)[O-])C1.[Na+].[Na+]. The summed E-state index contributed by atoms with van der Waals surface area (Å²) in [6, 6.07) is 0. The molecule has 0 aromatic rings. The Morgan fingerprint density at radius 2 is 1.56 bits per heavy atom. The zero-order valence-electron chi connectivity index (χ0n) is 10.2. The predicted molar refractivity (Wildman–Crippen MR) is 44.6 cm³/mol. The minimum absolute atomic E-state index is 0. The van der Waals surface area contributed by atoms with Crippen molar-refractivity contribution in [1.82, 2.24) is 0 Å². The fourth-order valence-electron chi connectivity index (χ4n) is 2.17. The first kappa shape index (κ1) is 19.3. The molecule has 1 aliphatic rings. The minimum atomic E-state index is -1.26. The second kappa shape index (κ2) is 8.95. The zero-order valence-corrected chi connectivity index (χ0v) is 14.2. The molecule has 0 amide bonds. The Kier molecular flexibility index (Phi) is 10.8. The maximum absolute atomic E-state index is 10.7. The van der Waals surface area contributed by atoms with Gasteiger partial charge in [-0.25, -0.2) is 0 Å². The van der Waals surface area contributed by atoms with Crippen LogP contribution in [0.1, 0.15) is 32.6 Å². The molecule has 0 aromatic carbocycles. The van der Waals surface area contributed by atoms with E-state index in [1.807, 2.05) is 6.92 Å². The number of carboxylic acids is 2. The van der Waals surface area contributed by atoms with Crippen LogP contribution >= 0.6 is 0 Å². The summed E-state index contributed by atoms with van der Waals surface area (Å²) in [6.45, 7) is 1.98. The molecular formula is C10H14Na2O4. The number of rotatable bonds is 3. The van der Waals surface area contributed by atoms with E-state index in [0.29, 0.717) is 18.8 Å². The van der Waals surface area contributed by atoms with Gasteiger partial charge in [-0.3, -0.25) is 0 Å². The van der Waals surface area contributed by atoms with Crippen molar-refractivity contribution < 1.29 is 78.9 Å². The number of carboxylic acid groups (broad SMARTS) is 2. The molecule has 1 rings (SSSR count). The molecule has 0 aromatic heterocycles. The average molecular weight is 244 g/mol. The third-order valence-corrected chi connectivity index (χ3v) is 3.14. The summed E-state index contributed by atoms with van der Waals surface area (Å²) >= 11 is 0. The summed E-state index contributed by atoms with van der Waals surface area (Å²) in [7, 11) is 0. The molecule has 1 aliphatic carbocycles. The monoisotopic (exact) mass is 244 g/mol. The topological polar surface area (TPSA) is 80.3 Å². The van der Waals surface area contributed by atoms with Crippen molar-refractivity contribution >= 4 is 11.9 Å². The van der Waals surface area contributed by atoms with Crippen molar-refractivity contribution in [3.63, 3.8) is 0 Å². The molecule has 6 heteroatoms. The normalized spacial score (nSPS) is 28.4. The Morgan fingerprint density at radius 1 is 1.06 bits per heavy atom. The van der Waals surface area contributed by atoms with Crippen LogP contribution in [-0.2, 0) is 9.59 Å². The van der Waals surface area contributed by atoms with E-state index in [1.165, 1.54) is 0 Å². The van der Waals surface area contributed by atoms with Gasteiger partial charge in [0, 0.05) is 23.8 Å². The first-order valence-electron chi connectivity index (χ1n) is 4.98. The molecule has 0 radical (unpaired) electrons. The molecule has 0 N–H and O–H groups in total. The molecule has 0 spiro atoms. The van der Waals surface area contributed by atoms with Gasteiger partial charge in [0.25, 0.3) is 0 Å². The van der Waals surface area contributed by atoms with E-state index in [1.54, 1.807) is 0 Å². The number of carbonyl (C=O) groups is 2. The van der Waals surface area contributed by atoms with Gasteiger partial charge in [0.05, 0.1) is 0 Å². The van der Waals surface area contributed by atoms with Gasteiger partial charge in [-0.2, -0.15) is 0 Å². The number of carbonyl (C=O) groups excluding carboxylic acids is 2. The molecule has 3 atom stereocenters. The standard InChI is InChI=1S/C10H16O4.2Na/c1-2-6-3-4-7(9(11)12)8(5-6)10(13)14;;/h6-8H,2-5H2,1H3,(H,11,12)(H,13,14);;/q;2*+1/p-2. The van der Waals surface area contributed by atoms with E-state index in [9.17, 15) is 19.8 Å². The second-order valence-electron chi connectivity index (χ2n) is 3.94. The van der Waals surface area contributed by atoms with Crippen LogP contribution in [0.4, 0.5) is 0 Å². The largest absolute Gasteiger partial charge is 1.00 e. The Balaban J connectivity index is 0. The fraction of sp³-hybridized carbons (Fsp3) is 0.800. The average Bonchev–Trinajstić information content (AvgIpc) is 2.16. The summed E-state index contributed by atoms with van der Waals surface area (Å²) in [5.74, 6) is -3.92. The fourth-order valence-corrected chi connectivity index (χ4v) is 2.17. The predicted octanol–water partition coefficient (Wildman–Crippen LogP) is -7.06. The molecule has 0 saturated heterocycles. The first-order valence-corrected chi connectivity index (χ1v) is 4.98. The van der Waals surface area contributed by atoms with Gasteiger partial charge >= 0.3 is 59.1 Å². The second-order valence-corrected chi connectivity index (χ2v) is 3.94. The maximum atomic E-state index is 10.7. The molecule has 80 valence electrons. The van der Waals surface area contributed by atoms with Crippen LogP contribution in [-0.4, -0.2) is 11.9 Å². The smallest absolute Gasteiger partial charge is 0.550 e. The van der Waals surface area contributed by atoms with E-state index in [-0.39, 0.29) is 59.1 Å². The molecular weight excluding hydrogens is 230 g/mol. The minimum Gasteiger partial charge on any atom is -0.550 e. The van der Waals surface area contributed by atoms with Crippen LogP contribution in [0, 0.1) is 17.8 Å². The number of aliphatic carboxylic acids is 2. The van der Waals surface area contributed by atoms with Crippen LogP contribution in [0.3, 0.4) is 0 Å². The van der Waals surface area contributed by atoms with Crippen molar-refractivity contribution in [1.29, 1.82) is 0 Å². The zero-order chi connectivity index (χ0) is 10.7. The van der Waals surface area contributed by atoms with Gasteiger partial charge in [-0.05, 0) is 25.2 Å². The van der Waals surface area contributed by atoms with Crippen molar-refractivity contribution in [2.75, 3.05) is 0 Å². The first-order chi connectivity index (χ1) is 6.56. The van der Waals surface area contributed by atoms with Crippen LogP contribution in [0.2, 0.25) is 0 Å².